The van der Waals surface area contributed by atoms with Gasteiger partial charge >= 0.3 is 6.09 Å². The van der Waals surface area contributed by atoms with E-state index in [1.54, 1.807) is 0 Å². The third kappa shape index (κ3) is 5.93. The van der Waals surface area contributed by atoms with Gasteiger partial charge in [0.15, 0.2) is 0 Å². The molecule has 5 nitrogen and oxygen atoms in total. The lowest BCUT2D eigenvalue weighted by Crippen LogP contribution is -2.23. The van der Waals surface area contributed by atoms with E-state index in [-0.39, 0.29) is 25.0 Å². The van der Waals surface area contributed by atoms with E-state index >= 15 is 0 Å². The summed E-state index contributed by atoms with van der Waals surface area (Å²) < 4.78 is 11.3. The Kier molecular flexibility index (Phi) is 6.48. The molecule has 0 bridgehead atoms. The van der Waals surface area contributed by atoms with Crippen molar-refractivity contribution >= 4 is 22.0 Å². The molecular weight excluding hydrogens is 338 g/mol. The lowest BCUT2D eigenvalue weighted by atomic mass is 9.86. The lowest BCUT2D eigenvalue weighted by molar-refractivity contribution is 0.0737. The van der Waals surface area contributed by atoms with Gasteiger partial charge in [-0.2, -0.15) is 0 Å². The summed E-state index contributed by atoms with van der Waals surface area (Å²) in [5.41, 5.74) is 5.81. The largest absolute Gasteiger partial charge is 0.491 e. The fourth-order valence-corrected chi connectivity index (χ4v) is 2.86. The zero-order chi connectivity index (χ0) is 16.0. The van der Waals surface area contributed by atoms with Crippen LogP contribution < -0.4 is 10.5 Å². The Morgan fingerprint density at radius 3 is 2.67 bits per heavy atom. The van der Waals surface area contributed by atoms with Crippen molar-refractivity contribution in [3.8, 4) is 5.75 Å². The van der Waals surface area contributed by atoms with Gasteiger partial charge in [-0.05, 0) is 17.5 Å². The van der Waals surface area contributed by atoms with Crippen molar-refractivity contribution in [1.82, 2.24) is 0 Å². The van der Waals surface area contributed by atoms with Crippen LogP contribution in [0.15, 0.2) is 22.7 Å². The molecule has 0 saturated carbocycles. The SMILES string of the molecule is CC(C)(C)c1c(Br)cccc1OC[C@H](O)CCOC(N)=O. The Labute approximate surface area is 133 Å². The molecule has 0 aliphatic carbocycles. The van der Waals surface area contributed by atoms with Crippen LogP contribution in [0.25, 0.3) is 0 Å². The molecule has 0 saturated heterocycles. The molecule has 118 valence electrons. The van der Waals surface area contributed by atoms with E-state index in [2.05, 4.69) is 41.4 Å². The highest BCUT2D eigenvalue weighted by Gasteiger charge is 2.22. The van der Waals surface area contributed by atoms with Crippen LogP contribution in [0.3, 0.4) is 0 Å². The molecular formula is C15H22BrNO4. The Morgan fingerprint density at radius 2 is 2.10 bits per heavy atom. The average molecular weight is 360 g/mol. The molecule has 0 aliphatic heterocycles. The van der Waals surface area contributed by atoms with Crippen LogP contribution in [0.5, 0.6) is 5.75 Å². The van der Waals surface area contributed by atoms with E-state index in [9.17, 15) is 9.90 Å². The molecule has 0 fully saturated rings. The number of rotatable bonds is 6. The van der Waals surface area contributed by atoms with Crippen molar-refractivity contribution in [2.45, 2.75) is 38.7 Å². The van der Waals surface area contributed by atoms with Crippen LogP contribution in [0.1, 0.15) is 32.8 Å². The molecule has 0 aromatic heterocycles. The highest BCUT2D eigenvalue weighted by molar-refractivity contribution is 9.10. The van der Waals surface area contributed by atoms with Crippen LogP contribution in [-0.4, -0.2) is 30.5 Å². The second-order valence-corrected chi connectivity index (χ2v) is 6.64. The Balaban J connectivity index is 2.63. The van der Waals surface area contributed by atoms with Gasteiger partial charge in [-0.3, -0.25) is 0 Å². The minimum Gasteiger partial charge on any atom is -0.491 e. The summed E-state index contributed by atoms with van der Waals surface area (Å²) in [5, 5.41) is 9.82. The monoisotopic (exact) mass is 359 g/mol. The minimum absolute atomic E-state index is 0.0739. The maximum absolute atomic E-state index is 10.4. The quantitative estimate of drug-likeness (QED) is 0.817. The van der Waals surface area contributed by atoms with Gasteiger partial charge < -0.3 is 20.3 Å². The number of hydrogen-bond acceptors (Lipinski definition) is 4. The second kappa shape index (κ2) is 7.66. The van der Waals surface area contributed by atoms with E-state index in [1.165, 1.54) is 0 Å². The number of carbonyl (C=O) groups is 1. The van der Waals surface area contributed by atoms with Crippen LogP contribution in [0.4, 0.5) is 4.79 Å². The molecule has 21 heavy (non-hydrogen) atoms. The molecule has 3 N–H and O–H groups in total. The number of primary amides is 1. The first-order valence-electron chi connectivity index (χ1n) is 6.74. The molecule has 1 rings (SSSR count). The van der Waals surface area contributed by atoms with Crippen molar-refractivity contribution in [1.29, 1.82) is 0 Å². The third-order valence-corrected chi connectivity index (χ3v) is 3.51. The highest BCUT2D eigenvalue weighted by atomic mass is 79.9. The Hall–Kier alpha value is -1.27. The summed E-state index contributed by atoms with van der Waals surface area (Å²) >= 11 is 3.53. The van der Waals surface area contributed by atoms with Crippen LogP contribution in [0.2, 0.25) is 0 Å². The first-order valence-corrected chi connectivity index (χ1v) is 7.53. The number of aliphatic hydroxyl groups excluding tert-OH is 1. The van der Waals surface area contributed by atoms with Crippen LogP contribution in [-0.2, 0) is 10.2 Å². The molecule has 1 atom stereocenters. The van der Waals surface area contributed by atoms with Crippen molar-refractivity contribution in [3.63, 3.8) is 0 Å². The maximum atomic E-state index is 10.4. The summed E-state index contributed by atoms with van der Waals surface area (Å²) in [6.45, 7) is 6.48. The number of halogens is 1. The van der Waals surface area contributed by atoms with E-state index < -0.39 is 12.2 Å². The Bertz CT molecular complexity index is 485. The molecule has 1 aromatic rings. The van der Waals surface area contributed by atoms with Gasteiger partial charge in [0.05, 0.1) is 12.7 Å². The molecule has 0 unspecified atom stereocenters. The Morgan fingerprint density at radius 1 is 1.43 bits per heavy atom. The second-order valence-electron chi connectivity index (χ2n) is 5.78. The summed E-state index contributed by atoms with van der Waals surface area (Å²) in [7, 11) is 0. The number of benzene rings is 1. The molecule has 6 heteroatoms. The first kappa shape index (κ1) is 17.8. The number of hydrogen-bond donors (Lipinski definition) is 2. The normalized spacial score (nSPS) is 12.8. The van der Waals surface area contributed by atoms with Gasteiger partial charge in [0.25, 0.3) is 0 Å². The standard InChI is InChI=1S/C15H22BrNO4/c1-15(2,3)13-11(16)5-4-6-12(13)21-9-10(18)7-8-20-14(17)19/h4-6,10,18H,7-9H2,1-3H3,(H2,17,19)/t10-/m1/s1. The fourth-order valence-electron chi connectivity index (χ4n) is 1.92. The topological polar surface area (TPSA) is 81.8 Å². The van der Waals surface area contributed by atoms with E-state index in [1.807, 2.05) is 18.2 Å². The van der Waals surface area contributed by atoms with Gasteiger partial charge in [0.2, 0.25) is 0 Å². The number of amides is 1. The zero-order valence-corrected chi connectivity index (χ0v) is 14.1. The molecule has 1 aromatic carbocycles. The predicted molar refractivity (Wildman–Crippen MR) is 84.5 cm³/mol. The maximum Gasteiger partial charge on any atom is 0.404 e. The van der Waals surface area contributed by atoms with Gasteiger partial charge in [-0.25, -0.2) is 4.79 Å². The lowest BCUT2D eigenvalue weighted by Gasteiger charge is -2.25. The van der Waals surface area contributed by atoms with Gasteiger partial charge in [-0.1, -0.05) is 42.8 Å². The number of nitrogens with two attached hydrogens (primary N) is 1. The van der Waals surface area contributed by atoms with E-state index in [0.29, 0.717) is 0 Å². The first-order chi connectivity index (χ1) is 9.71. The van der Waals surface area contributed by atoms with Gasteiger partial charge in [0, 0.05) is 16.5 Å². The predicted octanol–water partition coefficient (Wildman–Crippen LogP) is 2.97. The third-order valence-electron chi connectivity index (χ3n) is 2.85. The summed E-state index contributed by atoms with van der Waals surface area (Å²) in [6.07, 6.45) is -1.29. The van der Waals surface area contributed by atoms with Gasteiger partial charge in [-0.15, -0.1) is 0 Å². The fraction of sp³-hybridized carbons (Fsp3) is 0.533. The van der Waals surface area contributed by atoms with Crippen molar-refractivity contribution in [2.75, 3.05) is 13.2 Å². The van der Waals surface area contributed by atoms with Crippen molar-refractivity contribution in [2.24, 2.45) is 5.73 Å². The molecule has 0 radical (unpaired) electrons. The molecule has 0 aliphatic rings. The summed E-state index contributed by atoms with van der Waals surface area (Å²) in [5.74, 6) is 0.728. The number of aliphatic hydroxyl groups is 1. The summed E-state index contributed by atoms with van der Waals surface area (Å²) in [4.78, 5) is 10.4. The minimum atomic E-state index is -0.842. The number of carbonyl (C=O) groups excluding carboxylic acids is 1. The van der Waals surface area contributed by atoms with Crippen LogP contribution in [0, 0.1) is 0 Å². The van der Waals surface area contributed by atoms with Crippen LogP contribution >= 0.6 is 15.9 Å². The average Bonchev–Trinajstić information content (AvgIpc) is 2.34. The summed E-state index contributed by atoms with van der Waals surface area (Å²) in [6, 6.07) is 5.72. The highest BCUT2D eigenvalue weighted by Crippen LogP contribution is 2.37. The van der Waals surface area contributed by atoms with E-state index in [0.717, 1.165) is 15.8 Å². The zero-order valence-electron chi connectivity index (χ0n) is 12.6. The molecule has 0 heterocycles. The van der Waals surface area contributed by atoms with Gasteiger partial charge in [0.1, 0.15) is 12.4 Å². The smallest absolute Gasteiger partial charge is 0.404 e. The molecule has 0 spiro atoms. The molecule has 1 amide bonds. The number of ether oxygens (including phenoxy) is 2. The van der Waals surface area contributed by atoms with E-state index in [4.69, 9.17) is 10.5 Å². The van der Waals surface area contributed by atoms with Crippen molar-refractivity contribution in [3.05, 3.63) is 28.2 Å². The van der Waals surface area contributed by atoms with Crippen molar-refractivity contribution < 1.29 is 19.4 Å².